The maximum absolute atomic E-state index is 14.9. The zero-order chi connectivity index (χ0) is 30.4. The maximum atomic E-state index is 14.9. The van der Waals surface area contributed by atoms with E-state index in [-0.39, 0.29) is 35.8 Å². The molecule has 2 heterocycles. The molecule has 1 aromatic carbocycles. The number of anilines is 1. The molecule has 0 aliphatic rings. The molecule has 3 atom stereocenters. The number of nitrogen functional groups attached to an aromatic ring is 1. The molecule has 2 aromatic heterocycles. The van der Waals surface area contributed by atoms with Crippen molar-refractivity contribution in [2.75, 3.05) is 5.73 Å². The van der Waals surface area contributed by atoms with Gasteiger partial charge in [0.1, 0.15) is 23.4 Å². The molecule has 16 heteroatoms. The largest absolute Gasteiger partial charge is 0.493 e. The molecule has 10 N–H and O–H groups in total. The van der Waals surface area contributed by atoms with Gasteiger partial charge in [0.25, 0.3) is 5.91 Å². The third-order valence-electron chi connectivity index (χ3n) is 6.33. The number of carbonyl (C=O) groups excluding carboxylic acids is 2. The molecule has 0 saturated heterocycles. The van der Waals surface area contributed by atoms with Gasteiger partial charge in [-0.15, -0.1) is 0 Å². The highest BCUT2D eigenvalue weighted by Gasteiger charge is 2.36. The van der Waals surface area contributed by atoms with Crippen molar-refractivity contribution in [3.63, 3.8) is 0 Å². The summed E-state index contributed by atoms with van der Waals surface area (Å²) in [6.45, 7) is 0. The number of Topliss-reactive ketones (excluding diaryl/α,β-unsaturated/α-hetero) is 1. The average Bonchev–Trinajstić information content (AvgIpc) is 3.30. The van der Waals surface area contributed by atoms with E-state index in [9.17, 15) is 38.6 Å². The molecule has 1 unspecified atom stereocenters. The number of benzene rings is 1. The topological polar surface area (TPSA) is 272 Å². The van der Waals surface area contributed by atoms with Gasteiger partial charge in [-0.05, 0) is 48.9 Å². The number of fused-ring (bicyclic) bond motifs is 1. The number of aliphatic carboxylic acids is 3. The van der Waals surface area contributed by atoms with E-state index in [4.69, 9.17) is 21.7 Å². The number of aromatic hydroxyl groups is 1. The number of hydrogen-bond acceptors (Lipinski definition) is 10. The number of amides is 1. The minimum absolute atomic E-state index is 0.127. The van der Waals surface area contributed by atoms with Crippen molar-refractivity contribution in [2.24, 2.45) is 11.7 Å². The van der Waals surface area contributed by atoms with Crippen molar-refractivity contribution in [3.8, 4) is 5.88 Å². The number of halogens is 1. The first-order valence-electron chi connectivity index (χ1n) is 12.2. The molecule has 1 amide bonds. The Morgan fingerprint density at radius 1 is 1.02 bits per heavy atom. The summed E-state index contributed by atoms with van der Waals surface area (Å²) in [5.74, 6) is -9.89. The number of nitrogens with one attached hydrogen (secondary N) is 2. The van der Waals surface area contributed by atoms with Crippen LogP contribution in [-0.2, 0) is 32.0 Å². The lowest BCUT2D eigenvalue weighted by Gasteiger charge is -2.22. The van der Waals surface area contributed by atoms with Gasteiger partial charge in [-0.3, -0.25) is 24.0 Å². The average molecular weight is 575 g/mol. The van der Waals surface area contributed by atoms with Crippen molar-refractivity contribution in [3.05, 3.63) is 46.9 Å². The van der Waals surface area contributed by atoms with Crippen molar-refractivity contribution in [1.82, 2.24) is 20.3 Å². The van der Waals surface area contributed by atoms with E-state index in [2.05, 4.69) is 20.3 Å². The quantitative estimate of drug-likeness (QED) is 0.120. The van der Waals surface area contributed by atoms with Gasteiger partial charge in [0, 0.05) is 18.2 Å². The monoisotopic (exact) mass is 574 g/mol. The molecule has 0 bridgehead atoms. The van der Waals surface area contributed by atoms with E-state index in [1.54, 1.807) is 6.20 Å². The molecule has 218 valence electrons. The van der Waals surface area contributed by atoms with Crippen LogP contribution in [0, 0.1) is 11.7 Å². The fourth-order valence-corrected chi connectivity index (χ4v) is 4.18. The molecule has 41 heavy (non-hydrogen) atoms. The number of H-pyrrole nitrogens is 1. The summed E-state index contributed by atoms with van der Waals surface area (Å²) in [6, 6.07) is 0.158. The molecular weight excluding hydrogens is 547 g/mol. The van der Waals surface area contributed by atoms with Crippen molar-refractivity contribution in [2.45, 2.75) is 44.2 Å². The molecule has 0 fully saturated rings. The predicted molar refractivity (Wildman–Crippen MR) is 138 cm³/mol. The van der Waals surface area contributed by atoms with Crippen molar-refractivity contribution in [1.29, 1.82) is 0 Å². The Morgan fingerprint density at radius 3 is 2.32 bits per heavy atom. The second-order valence-corrected chi connectivity index (χ2v) is 9.18. The first-order chi connectivity index (χ1) is 19.3. The minimum atomic E-state index is -1.94. The number of nitrogens with two attached hydrogens (primary N) is 2. The molecule has 0 saturated carbocycles. The normalized spacial score (nSPS) is 13.3. The van der Waals surface area contributed by atoms with Gasteiger partial charge in [0.05, 0.1) is 11.4 Å². The Kier molecular flexibility index (Phi) is 9.51. The van der Waals surface area contributed by atoms with Gasteiger partial charge in [-0.2, -0.15) is 9.97 Å². The first-order valence-corrected chi connectivity index (χ1v) is 12.2. The lowest BCUT2D eigenvalue weighted by molar-refractivity contribution is -0.148. The Bertz CT molecular complexity index is 1510. The number of aromatic amines is 1. The van der Waals surface area contributed by atoms with Crippen LogP contribution in [0.15, 0.2) is 24.4 Å². The number of nitrogens with zero attached hydrogens (tertiary/aromatic N) is 2. The van der Waals surface area contributed by atoms with Crippen LogP contribution in [0.2, 0.25) is 0 Å². The van der Waals surface area contributed by atoms with E-state index < -0.39 is 72.7 Å². The summed E-state index contributed by atoms with van der Waals surface area (Å²) in [5, 5.41) is 40.1. The Balaban J connectivity index is 1.75. The molecule has 3 aromatic rings. The number of aryl methyl sites for hydroxylation is 2. The van der Waals surface area contributed by atoms with Crippen LogP contribution >= 0.6 is 0 Å². The van der Waals surface area contributed by atoms with E-state index in [0.29, 0.717) is 16.6 Å². The number of carboxylic acids is 3. The van der Waals surface area contributed by atoms with E-state index >= 15 is 0 Å². The highest BCUT2D eigenvalue weighted by atomic mass is 19.1. The minimum Gasteiger partial charge on any atom is -0.493 e. The Labute approximate surface area is 230 Å². The summed E-state index contributed by atoms with van der Waals surface area (Å²) < 4.78 is 14.9. The maximum Gasteiger partial charge on any atom is 0.320 e. The molecular formula is C25H27FN6O9. The highest BCUT2D eigenvalue weighted by molar-refractivity contribution is 6.04. The number of rotatable bonds is 14. The summed E-state index contributed by atoms with van der Waals surface area (Å²) in [6.07, 6.45) is 0.0560. The second kappa shape index (κ2) is 12.8. The Hall–Kier alpha value is -5.12. The molecule has 0 radical (unpaired) electrons. The van der Waals surface area contributed by atoms with Gasteiger partial charge >= 0.3 is 17.9 Å². The lowest BCUT2D eigenvalue weighted by Crippen LogP contribution is -2.47. The zero-order valence-corrected chi connectivity index (χ0v) is 21.3. The van der Waals surface area contributed by atoms with Crippen LogP contribution in [0.1, 0.15) is 40.7 Å². The van der Waals surface area contributed by atoms with Crippen LogP contribution in [0.3, 0.4) is 0 Å². The first kappa shape index (κ1) is 30.4. The van der Waals surface area contributed by atoms with Crippen molar-refractivity contribution >= 4 is 46.6 Å². The van der Waals surface area contributed by atoms with Gasteiger partial charge in [0.2, 0.25) is 11.8 Å². The number of ketones is 1. The SMILES string of the molecule is Nc1nc(O)c2c(CCc3ccc(C(=O)N[C@@H](CCC(=O)O)C(=O)C(C[C@H](N)C(=O)O)C(=O)O)cc3F)c[nH]c2n1. The van der Waals surface area contributed by atoms with Gasteiger partial charge in [-0.1, -0.05) is 6.07 Å². The standard InChI is InChI=1S/C25H27FN6O9/c26-14-7-11(3-1-10(14)2-4-12-9-29-20-18(12)22(37)32-25(28)31-20)21(36)30-16(5-6-17(33)34)19(35)13(23(38)39)8-15(27)24(40)41/h1,3,7,9,13,15-16H,2,4-6,8,27H2,(H,30,36)(H,33,34)(H,38,39)(H,40,41)(H4,28,29,31,32,37)/t13?,15-,16-/m0/s1. The Morgan fingerprint density at radius 2 is 1.71 bits per heavy atom. The van der Waals surface area contributed by atoms with Gasteiger partial charge < -0.3 is 42.2 Å². The number of carboxylic acid groups (broad SMARTS) is 3. The van der Waals surface area contributed by atoms with Crippen molar-refractivity contribution < 1.29 is 48.8 Å². The number of hydrogen-bond donors (Lipinski definition) is 8. The number of carbonyl (C=O) groups is 5. The summed E-state index contributed by atoms with van der Waals surface area (Å²) in [4.78, 5) is 70.1. The summed E-state index contributed by atoms with van der Waals surface area (Å²) >= 11 is 0. The molecule has 3 rings (SSSR count). The fourth-order valence-electron chi connectivity index (χ4n) is 4.18. The smallest absolute Gasteiger partial charge is 0.320 e. The van der Waals surface area contributed by atoms with Crippen LogP contribution in [-0.4, -0.2) is 77.1 Å². The summed E-state index contributed by atoms with van der Waals surface area (Å²) in [5.41, 5.74) is 11.8. The second-order valence-electron chi connectivity index (χ2n) is 9.18. The third-order valence-corrected chi connectivity index (χ3v) is 6.33. The zero-order valence-electron chi connectivity index (χ0n) is 21.3. The van der Waals surface area contributed by atoms with Crippen LogP contribution in [0.25, 0.3) is 11.0 Å². The fraction of sp³-hybridized carbons (Fsp3) is 0.320. The molecule has 0 spiro atoms. The lowest BCUT2D eigenvalue weighted by atomic mass is 9.89. The van der Waals surface area contributed by atoms with Crippen LogP contribution in [0.4, 0.5) is 10.3 Å². The van der Waals surface area contributed by atoms with E-state index in [0.717, 1.165) is 6.07 Å². The van der Waals surface area contributed by atoms with Gasteiger partial charge in [-0.25, -0.2) is 4.39 Å². The van der Waals surface area contributed by atoms with Gasteiger partial charge in [0.15, 0.2) is 5.78 Å². The predicted octanol–water partition coefficient (Wildman–Crippen LogP) is 0.205. The molecule has 0 aliphatic carbocycles. The number of aromatic nitrogens is 3. The van der Waals surface area contributed by atoms with E-state index in [1.807, 2.05) is 0 Å². The van der Waals surface area contributed by atoms with Crippen LogP contribution in [0.5, 0.6) is 5.88 Å². The van der Waals surface area contributed by atoms with Crippen LogP contribution < -0.4 is 16.8 Å². The highest BCUT2D eigenvalue weighted by Crippen LogP contribution is 2.27. The third kappa shape index (κ3) is 7.51. The molecule has 15 nitrogen and oxygen atoms in total. The van der Waals surface area contributed by atoms with E-state index in [1.165, 1.54) is 12.1 Å². The molecule has 0 aliphatic heterocycles. The summed E-state index contributed by atoms with van der Waals surface area (Å²) in [7, 11) is 0.